The number of Topliss-reactive ketones (excluding diaryl/α,β-unsaturated/α-hetero) is 1. The van der Waals surface area contributed by atoms with Crippen molar-refractivity contribution in [3.8, 4) is 11.1 Å². The van der Waals surface area contributed by atoms with E-state index in [1.807, 2.05) is 43.3 Å². The number of fused-ring (bicyclic) bond motifs is 1. The van der Waals surface area contributed by atoms with Crippen LogP contribution in [0, 0.1) is 5.92 Å². The van der Waals surface area contributed by atoms with E-state index in [1.165, 1.54) is 11.8 Å². The number of carboxylic acid groups (broad SMARTS) is 1. The number of benzene rings is 2. The Morgan fingerprint density at radius 3 is 1.96 bits per heavy atom. The molecule has 1 saturated heterocycles. The number of β-lactam (4-membered cyclic amide) rings is 1. The summed E-state index contributed by atoms with van der Waals surface area (Å²) < 4.78 is 0. The minimum absolute atomic E-state index is 0.00509. The van der Waals surface area contributed by atoms with E-state index in [2.05, 4.69) is 0 Å². The van der Waals surface area contributed by atoms with Crippen molar-refractivity contribution in [3.63, 3.8) is 0 Å². The van der Waals surface area contributed by atoms with E-state index in [9.17, 15) is 19.5 Å². The number of nitrogens with zero attached hydrogens (tertiary/aromatic N) is 1. The number of amides is 1. The molecule has 0 aliphatic carbocycles. The molecule has 2 aliphatic heterocycles. The highest BCUT2D eigenvalue weighted by atomic mass is 16.4. The van der Waals surface area contributed by atoms with Gasteiger partial charge in [0, 0.05) is 17.9 Å². The van der Waals surface area contributed by atoms with Gasteiger partial charge in [-0.25, -0.2) is 4.79 Å². The van der Waals surface area contributed by atoms with Crippen molar-refractivity contribution >= 4 is 23.2 Å². The van der Waals surface area contributed by atoms with Gasteiger partial charge in [0.2, 0.25) is 5.91 Å². The molecule has 2 atom stereocenters. The van der Waals surface area contributed by atoms with Gasteiger partial charge in [-0.1, -0.05) is 55.5 Å². The lowest BCUT2D eigenvalue weighted by molar-refractivity contribution is -0.148. The first-order chi connectivity index (χ1) is 12.9. The predicted molar refractivity (Wildman–Crippen MR) is 101 cm³/mol. The zero-order chi connectivity index (χ0) is 19.3. The first kappa shape index (κ1) is 17.2. The van der Waals surface area contributed by atoms with Crippen LogP contribution in [0.2, 0.25) is 0 Å². The standard InChI is InChI=1S/C22H19NO4/c1-12-18-11-19(25)23(18)21(22(26)27)20(12)17-9-7-16(8-10-17)15-5-3-14(4-6-15)13(2)24/h3-10,12,18H,11H2,1-2H3,(H,26,27). The van der Waals surface area contributed by atoms with Crippen LogP contribution >= 0.6 is 0 Å². The Hall–Kier alpha value is -3.21. The third-order valence-electron chi connectivity index (χ3n) is 5.54. The molecule has 0 bridgehead atoms. The quantitative estimate of drug-likeness (QED) is 0.667. The van der Waals surface area contributed by atoms with Gasteiger partial charge in [-0.2, -0.15) is 0 Å². The fraction of sp³-hybridized carbons (Fsp3) is 0.227. The summed E-state index contributed by atoms with van der Waals surface area (Å²) in [4.78, 5) is 36.5. The highest BCUT2D eigenvalue weighted by Crippen LogP contribution is 2.46. The summed E-state index contributed by atoms with van der Waals surface area (Å²) in [5.74, 6) is -1.16. The van der Waals surface area contributed by atoms with Gasteiger partial charge in [-0.15, -0.1) is 0 Å². The van der Waals surface area contributed by atoms with Crippen molar-refractivity contribution in [3.05, 3.63) is 65.4 Å². The summed E-state index contributed by atoms with van der Waals surface area (Å²) in [5.41, 5.74) is 4.29. The van der Waals surface area contributed by atoms with Crippen molar-refractivity contribution < 1.29 is 19.5 Å². The van der Waals surface area contributed by atoms with E-state index in [4.69, 9.17) is 0 Å². The number of hydrogen-bond donors (Lipinski definition) is 1. The molecule has 1 N–H and O–H groups in total. The Morgan fingerprint density at radius 1 is 0.963 bits per heavy atom. The van der Waals surface area contributed by atoms with Crippen molar-refractivity contribution in [2.24, 2.45) is 5.92 Å². The fourth-order valence-electron chi connectivity index (χ4n) is 4.03. The van der Waals surface area contributed by atoms with Gasteiger partial charge in [-0.3, -0.25) is 9.59 Å². The molecule has 0 aromatic heterocycles. The summed E-state index contributed by atoms with van der Waals surface area (Å²) in [6, 6.07) is 15.0. The molecule has 2 heterocycles. The van der Waals surface area contributed by atoms with Crippen LogP contribution in [0.15, 0.2) is 54.2 Å². The molecule has 2 aromatic carbocycles. The number of carbonyl (C=O) groups is 3. The smallest absolute Gasteiger partial charge is 0.352 e. The van der Waals surface area contributed by atoms with E-state index in [1.54, 1.807) is 12.1 Å². The van der Waals surface area contributed by atoms with Crippen LogP contribution in [0.25, 0.3) is 16.7 Å². The summed E-state index contributed by atoms with van der Waals surface area (Å²) in [7, 11) is 0. The van der Waals surface area contributed by atoms with E-state index in [0.29, 0.717) is 12.0 Å². The van der Waals surface area contributed by atoms with E-state index >= 15 is 0 Å². The number of aliphatic carboxylic acids is 1. The molecular formula is C22H19NO4. The molecule has 5 nitrogen and oxygen atoms in total. The van der Waals surface area contributed by atoms with E-state index in [0.717, 1.165) is 22.3 Å². The monoisotopic (exact) mass is 361 g/mol. The SMILES string of the molecule is CC(=O)c1ccc(-c2ccc(C3=C(C(=O)O)N4C(=O)CC4C3C)cc2)cc1. The Morgan fingerprint density at radius 2 is 1.48 bits per heavy atom. The fourth-order valence-corrected chi connectivity index (χ4v) is 4.03. The van der Waals surface area contributed by atoms with Gasteiger partial charge < -0.3 is 10.0 Å². The molecule has 1 amide bonds. The third kappa shape index (κ3) is 2.67. The highest BCUT2D eigenvalue weighted by molar-refractivity contribution is 6.05. The largest absolute Gasteiger partial charge is 0.477 e. The summed E-state index contributed by atoms with van der Waals surface area (Å²) in [5, 5.41) is 9.63. The maximum absolute atomic E-state index is 11.9. The lowest BCUT2D eigenvalue weighted by atomic mass is 9.86. The van der Waals surface area contributed by atoms with E-state index in [-0.39, 0.29) is 29.3 Å². The summed E-state index contributed by atoms with van der Waals surface area (Å²) in [6.45, 7) is 3.51. The lowest BCUT2D eigenvalue weighted by Crippen LogP contribution is -2.51. The van der Waals surface area contributed by atoms with Crippen LogP contribution < -0.4 is 0 Å². The molecule has 2 aromatic rings. The number of rotatable bonds is 4. The first-order valence-electron chi connectivity index (χ1n) is 8.90. The molecule has 0 radical (unpaired) electrons. The molecule has 2 aliphatic rings. The minimum atomic E-state index is -1.06. The molecule has 0 spiro atoms. The highest BCUT2D eigenvalue weighted by Gasteiger charge is 2.51. The van der Waals surface area contributed by atoms with Crippen molar-refractivity contribution in [1.82, 2.24) is 4.90 Å². The van der Waals surface area contributed by atoms with Crippen LogP contribution in [0.1, 0.15) is 36.2 Å². The van der Waals surface area contributed by atoms with Crippen LogP contribution in [0.4, 0.5) is 0 Å². The van der Waals surface area contributed by atoms with Gasteiger partial charge in [0.1, 0.15) is 5.70 Å². The van der Waals surface area contributed by atoms with Gasteiger partial charge in [-0.05, 0) is 29.2 Å². The average Bonchev–Trinajstić information content (AvgIpc) is 2.89. The summed E-state index contributed by atoms with van der Waals surface area (Å²) in [6.07, 6.45) is 0.405. The van der Waals surface area contributed by atoms with Gasteiger partial charge >= 0.3 is 5.97 Å². The van der Waals surface area contributed by atoms with Crippen LogP contribution in [-0.2, 0) is 9.59 Å². The van der Waals surface area contributed by atoms with Gasteiger partial charge in [0.25, 0.3) is 0 Å². The average molecular weight is 361 g/mol. The maximum Gasteiger partial charge on any atom is 0.352 e. The number of hydrogen-bond acceptors (Lipinski definition) is 3. The second kappa shape index (κ2) is 6.20. The molecule has 136 valence electrons. The normalized spacial score (nSPS) is 21.1. The van der Waals surface area contributed by atoms with Crippen molar-refractivity contribution in [2.45, 2.75) is 26.3 Å². The second-order valence-corrected chi connectivity index (χ2v) is 7.10. The Labute approximate surface area is 156 Å². The zero-order valence-electron chi connectivity index (χ0n) is 15.1. The molecule has 4 rings (SSSR count). The van der Waals surface area contributed by atoms with Crippen LogP contribution in [-0.4, -0.2) is 33.7 Å². The molecular weight excluding hydrogens is 342 g/mol. The van der Waals surface area contributed by atoms with Crippen molar-refractivity contribution in [1.29, 1.82) is 0 Å². The van der Waals surface area contributed by atoms with Crippen molar-refractivity contribution in [2.75, 3.05) is 0 Å². The zero-order valence-corrected chi connectivity index (χ0v) is 15.1. The first-order valence-corrected chi connectivity index (χ1v) is 8.90. The molecule has 27 heavy (non-hydrogen) atoms. The Bertz CT molecular complexity index is 986. The Balaban J connectivity index is 1.69. The molecule has 0 saturated carbocycles. The van der Waals surface area contributed by atoms with Gasteiger partial charge in [0.15, 0.2) is 5.78 Å². The second-order valence-electron chi connectivity index (χ2n) is 7.10. The van der Waals surface area contributed by atoms with Crippen LogP contribution in [0.3, 0.4) is 0 Å². The minimum Gasteiger partial charge on any atom is -0.477 e. The lowest BCUT2D eigenvalue weighted by Gasteiger charge is -2.37. The Kier molecular flexibility index (Phi) is 3.95. The maximum atomic E-state index is 11.9. The number of ketones is 1. The summed E-state index contributed by atoms with van der Waals surface area (Å²) >= 11 is 0. The number of carboxylic acids is 1. The molecule has 1 fully saturated rings. The van der Waals surface area contributed by atoms with E-state index < -0.39 is 5.97 Å². The predicted octanol–water partition coefficient (Wildman–Crippen LogP) is 3.60. The van der Waals surface area contributed by atoms with Crippen LogP contribution in [0.5, 0.6) is 0 Å². The molecule has 2 unspecified atom stereocenters. The number of carbonyl (C=O) groups excluding carboxylic acids is 2. The third-order valence-corrected chi connectivity index (χ3v) is 5.54. The topological polar surface area (TPSA) is 74.7 Å². The molecule has 5 heteroatoms. The van der Waals surface area contributed by atoms with Gasteiger partial charge in [0.05, 0.1) is 6.04 Å².